The van der Waals surface area contributed by atoms with E-state index in [1.165, 1.54) is 21.5 Å². The van der Waals surface area contributed by atoms with Crippen LogP contribution in [0, 0.1) is 6.92 Å². The summed E-state index contributed by atoms with van der Waals surface area (Å²) in [7, 11) is 0. The van der Waals surface area contributed by atoms with E-state index in [1.807, 2.05) is 37.3 Å². The smallest absolute Gasteiger partial charge is 0.267 e. The van der Waals surface area contributed by atoms with Crippen LogP contribution in [0.3, 0.4) is 0 Å². The zero-order valence-corrected chi connectivity index (χ0v) is 13.8. The van der Waals surface area contributed by atoms with Gasteiger partial charge in [-0.15, -0.1) is 11.3 Å². The van der Waals surface area contributed by atoms with Crippen LogP contribution in [0.4, 0.5) is 0 Å². The molecule has 0 bridgehead atoms. The molecule has 0 amide bonds. The predicted molar refractivity (Wildman–Crippen MR) is 94.7 cm³/mol. The van der Waals surface area contributed by atoms with E-state index in [-0.39, 0.29) is 5.56 Å². The summed E-state index contributed by atoms with van der Waals surface area (Å²) in [6.07, 6.45) is 6.12. The lowest BCUT2D eigenvalue weighted by molar-refractivity contribution is 0.698. The van der Waals surface area contributed by atoms with E-state index in [2.05, 4.69) is 10.1 Å². The molecule has 0 spiro atoms. The van der Waals surface area contributed by atoms with Crippen molar-refractivity contribution in [1.29, 1.82) is 0 Å². The maximum absolute atomic E-state index is 12.9. The Balaban J connectivity index is 1.87. The van der Waals surface area contributed by atoms with Crippen LogP contribution in [0.1, 0.15) is 34.7 Å². The summed E-state index contributed by atoms with van der Waals surface area (Å²) in [6, 6.07) is 9.78. The lowest BCUT2D eigenvalue weighted by atomic mass is 9.97. The molecular formula is C18H17N3OS. The quantitative estimate of drug-likeness (QED) is 0.677. The highest BCUT2D eigenvalue weighted by Crippen LogP contribution is 2.33. The number of rotatable bonds is 2. The fourth-order valence-corrected chi connectivity index (χ4v) is 4.39. The van der Waals surface area contributed by atoms with Crippen molar-refractivity contribution in [2.45, 2.75) is 32.6 Å². The summed E-state index contributed by atoms with van der Waals surface area (Å²) in [5.74, 6) is 0.633. The normalized spacial score (nSPS) is 14.5. The number of aromatic nitrogens is 2. The Labute approximate surface area is 138 Å². The van der Waals surface area contributed by atoms with Gasteiger partial charge in [-0.3, -0.25) is 4.79 Å². The molecule has 1 aromatic carbocycles. The van der Waals surface area contributed by atoms with Gasteiger partial charge in [-0.2, -0.15) is 9.78 Å². The van der Waals surface area contributed by atoms with Crippen molar-refractivity contribution >= 4 is 27.8 Å². The fourth-order valence-electron chi connectivity index (χ4n) is 3.10. The Morgan fingerprint density at radius 1 is 1.22 bits per heavy atom. The highest BCUT2D eigenvalue weighted by molar-refractivity contribution is 7.18. The molecule has 0 radical (unpaired) electrons. The zero-order valence-electron chi connectivity index (χ0n) is 13.0. The first-order valence-electron chi connectivity index (χ1n) is 7.87. The van der Waals surface area contributed by atoms with Crippen LogP contribution in [-0.4, -0.2) is 15.9 Å². The number of hydrogen-bond acceptors (Lipinski definition) is 4. The number of hydrogen-bond donors (Lipinski definition) is 0. The third kappa shape index (κ3) is 2.51. The maximum Gasteiger partial charge on any atom is 0.283 e. The first-order valence-corrected chi connectivity index (χ1v) is 8.69. The van der Waals surface area contributed by atoms with E-state index in [0.717, 1.165) is 35.0 Å². The minimum atomic E-state index is -0.0425. The van der Waals surface area contributed by atoms with Gasteiger partial charge in [-0.25, -0.2) is 4.98 Å². The van der Waals surface area contributed by atoms with Crippen LogP contribution in [0.25, 0.3) is 10.2 Å². The molecule has 4 rings (SSSR count). The molecule has 0 saturated carbocycles. The number of thiophene rings is 1. The van der Waals surface area contributed by atoms with Crippen molar-refractivity contribution < 1.29 is 0 Å². The SMILES string of the molecule is Cc1nc2sc3c(c2c(=O)n1N=Cc1ccccc1)CCCC3. The Bertz CT molecular complexity index is 954. The van der Waals surface area contributed by atoms with Crippen LogP contribution in [-0.2, 0) is 12.8 Å². The number of benzene rings is 1. The van der Waals surface area contributed by atoms with Gasteiger partial charge in [0, 0.05) is 4.88 Å². The number of aryl methyl sites for hydroxylation is 3. The molecular weight excluding hydrogens is 306 g/mol. The highest BCUT2D eigenvalue weighted by atomic mass is 32.1. The fraction of sp³-hybridized carbons (Fsp3) is 0.278. The van der Waals surface area contributed by atoms with Gasteiger partial charge in [0.15, 0.2) is 0 Å². The van der Waals surface area contributed by atoms with Gasteiger partial charge in [0.05, 0.1) is 11.6 Å². The van der Waals surface area contributed by atoms with Gasteiger partial charge in [0.25, 0.3) is 5.56 Å². The average Bonchev–Trinajstić information content (AvgIpc) is 2.93. The molecule has 4 nitrogen and oxygen atoms in total. The molecule has 0 atom stereocenters. The minimum absolute atomic E-state index is 0.0425. The Hall–Kier alpha value is -2.27. The van der Waals surface area contributed by atoms with E-state index in [1.54, 1.807) is 17.6 Å². The van der Waals surface area contributed by atoms with Gasteiger partial charge in [0.2, 0.25) is 0 Å². The molecule has 0 fully saturated rings. The zero-order chi connectivity index (χ0) is 15.8. The van der Waals surface area contributed by atoms with Crippen LogP contribution in [0.2, 0.25) is 0 Å². The standard InChI is InChI=1S/C18H17N3OS/c1-12-20-17-16(14-9-5-6-10-15(14)23-17)18(22)21(12)19-11-13-7-3-2-4-8-13/h2-4,7-8,11H,5-6,9-10H2,1H3. The summed E-state index contributed by atoms with van der Waals surface area (Å²) in [5.41, 5.74) is 2.13. The predicted octanol–water partition coefficient (Wildman–Crippen LogP) is 3.53. The second kappa shape index (κ2) is 5.74. The molecule has 0 saturated heterocycles. The molecule has 5 heteroatoms. The van der Waals surface area contributed by atoms with E-state index in [9.17, 15) is 4.79 Å². The van der Waals surface area contributed by atoms with Crippen molar-refractivity contribution in [2.24, 2.45) is 5.10 Å². The molecule has 1 aliphatic carbocycles. The van der Waals surface area contributed by atoms with Crippen LogP contribution >= 0.6 is 11.3 Å². The molecule has 2 aromatic heterocycles. The molecule has 3 aromatic rings. The molecule has 2 heterocycles. The van der Waals surface area contributed by atoms with Gasteiger partial charge >= 0.3 is 0 Å². The van der Waals surface area contributed by atoms with Crippen LogP contribution < -0.4 is 5.56 Å². The first-order chi connectivity index (χ1) is 11.2. The lowest BCUT2D eigenvalue weighted by Crippen LogP contribution is -2.21. The molecule has 0 aliphatic heterocycles. The van der Waals surface area contributed by atoms with Crippen molar-refractivity contribution in [3.63, 3.8) is 0 Å². The topological polar surface area (TPSA) is 47.2 Å². The Morgan fingerprint density at radius 3 is 2.83 bits per heavy atom. The van der Waals surface area contributed by atoms with E-state index in [4.69, 9.17) is 0 Å². The van der Waals surface area contributed by atoms with Gasteiger partial charge in [0.1, 0.15) is 10.7 Å². The largest absolute Gasteiger partial charge is 0.283 e. The summed E-state index contributed by atoms with van der Waals surface area (Å²) >= 11 is 1.67. The van der Waals surface area contributed by atoms with Crippen molar-refractivity contribution in [2.75, 3.05) is 0 Å². The third-order valence-corrected chi connectivity index (χ3v) is 5.44. The van der Waals surface area contributed by atoms with Crippen molar-refractivity contribution in [3.8, 4) is 0 Å². The molecule has 0 unspecified atom stereocenters. The van der Waals surface area contributed by atoms with E-state index >= 15 is 0 Å². The second-order valence-electron chi connectivity index (χ2n) is 5.82. The first kappa shape index (κ1) is 14.3. The number of nitrogens with zero attached hydrogens (tertiary/aromatic N) is 3. The Morgan fingerprint density at radius 2 is 2.00 bits per heavy atom. The summed E-state index contributed by atoms with van der Waals surface area (Å²) < 4.78 is 1.43. The van der Waals surface area contributed by atoms with Gasteiger partial charge in [-0.05, 0) is 43.7 Å². The molecule has 23 heavy (non-hydrogen) atoms. The lowest BCUT2D eigenvalue weighted by Gasteiger charge is -2.10. The van der Waals surface area contributed by atoms with Crippen LogP contribution in [0.15, 0.2) is 40.2 Å². The third-order valence-electron chi connectivity index (χ3n) is 4.25. The number of fused-ring (bicyclic) bond motifs is 3. The second-order valence-corrected chi connectivity index (χ2v) is 6.91. The van der Waals surface area contributed by atoms with Gasteiger partial charge < -0.3 is 0 Å². The summed E-state index contributed by atoms with van der Waals surface area (Å²) in [4.78, 5) is 19.7. The Kier molecular flexibility index (Phi) is 3.58. The molecule has 1 aliphatic rings. The van der Waals surface area contributed by atoms with Crippen LogP contribution in [0.5, 0.6) is 0 Å². The van der Waals surface area contributed by atoms with E-state index < -0.39 is 0 Å². The van der Waals surface area contributed by atoms with Gasteiger partial charge in [-0.1, -0.05) is 30.3 Å². The maximum atomic E-state index is 12.9. The molecule has 0 N–H and O–H groups in total. The van der Waals surface area contributed by atoms with Crippen molar-refractivity contribution in [3.05, 3.63) is 62.5 Å². The van der Waals surface area contributed by atoms with Crippen molar-refractivity contribution in [1.82, 2.24) is 9.66 Å². The average molecular weight is 323 g/mol. The molecule has 116 valence electrons. The summed E-state index contributed by atoms with van der Waals surface area (Å²) in [5, 5.41) is 5.15. The monoisotopic (exact) mass is 323 g/mol. The highest BCUT2D eigenvalue weighted by Gasteiger charge is 2.20. The minimum Gasteiger partial charge on any atom is -0.267 e. The summed E-state index contributed by atoms with van der Waals surface area (Å²) in [6.45, 7) is 1.84. The van der Waals surface area contributed by atoms with E-state index in [0.29, 0.717) is 5.82 Å².